The van der Waals surface area contributed by atoms with Crippen LogP contribution >= 0.6 is 0 Å². The second kappa shape index (κ2) is 8.64. The van der Waals surface area contributed by atoms with Gasteiger partial charge in [0.15, 0.2) is 0 Å². The van der Waals surface area contributed by atoms with Crippen molar-refractivity contribution >= 4 is 15.9 Å². The van der Waals surface area contributed by atoms with Gasteiger partial charge in [-0.25, -0.2) is 13.6 Å². The van der Waals surface area contributed by atoms with E-state index >= 15 is 0 Å². The summed E-state index contributed by atoms with van der Waals surface area (Å²) in [5.74, 6) is 0.527. The third-order valence-corrected chi connectivity index (χ3v) is 4.52. The third-order valence-electron chi connectivity index (χ3n) is 3.59. The maximum Gasteiger partial charge on any atom is 0.251 e. The molecule has 2 aromatic carbocycles. The molecule has 0 aliphatic heterocycles. The van der Waals surface area contributed by atoms with E-state index in [1.54, 1.807) is 36.4 Å². The number of ether oxygens (including phenoxy) is 1. The normalized spacial score (nSPS) is 11.1. The molecule has 0 aromatic heterocycles. The number of nitrogens with one attached hydrogen (secondary N) is 1. The maximum atomic E-state index is 12.1. The largest absolute Gasteiger partial charge is 0.494 e. The first-order valence-electron chi connectivity index (χ1n) is 8.03. The summed E-state index contributed by atoms with van der Waals surface area (Å²) in [6.07, 6.45) is 2.06. The number of nitrogens with two attached hydrogens (primary N) is 1. The van der Waals surface area contributed by atoms with Gasteiger partial charge in [-0.15, -0.1) is 0 Å². The van der Waals surface area contributed by atoms with Crippen LogP contribution in [-0.4, -0.2) is 20.9 Å². The second-order valence-corrected chi connectivity index (χ2v) is 7.16. The minimum atomic E-state index is -3.71. The summed E-state index contributed by atoms with van der Waals surface area (Å²) in [6, 6.07) is 13.0. The van der Waals surface area contributed by atoms with Crippen LogP contribution in [0.4, 0.5) is 0 Å². The average molecular weight is 362 g/mol. The van der Waals surface area contributed by atoms with Crippen molar-refractivity contribution in [2.24, 2.45) is 5.14 Å². The summed E-state index contributed by atoms with van der Waals surface area (Å²) in [5.41, 5.74) is 1.31. The molecule has 134 valence electrons. The predicted molar refractivity (Wildman–Crippen MR) is 95.8 cm³/mol. The summed E-state index contributed by atoms with van der Waals surface area (Å²) in [6.45, 7) is 3.05. The summed E-state index contributed by atoms with van der Waals surface area (Å²) >= 11 is 0. The number of carbonyl (C=O) groups excluding carboxylic acids is 1. The lowest BCUT2D eigenvalue weighted by Crippen LogP contribution is -2.22. The van der Waals surface area contributed by atoms with Crippen molar-refractivity contribution in [2.45, 2.75) is 31.2 Å². The first kappa shape index (κ1) is 19.0. The van der Waals surface area contributed by atoms with Gasteiger partial charge in [-0.2, -0.15) is 0 Å². The minimum absolute atomic E-state index is 0.0428. The van der Waals surface area contributed by atoms with Crippen LogP contribution in [-0.2, 0) is 16.6 Å². The molecule has 7 heteroatoms. The Morgan fingerprint density at radius 3 is 2.28 bits per heavy atom. The molecule has 0 unspecified atom stereocenters. The zero-order chi connectivity index (χ0) is 18.3. The smallest absolute Gasteiger partial charge is 0.251 e. The lowest BCUT2D eigenvalue weighted by molar-refractivity contribution is 0.0951. The fraction of sp³-hybridized carbons (Fsp3) is 0.278. The van der Waals surface area contributed by atoms with Gasteiger partial charge in [-0.05, 0) is 48.4 Å². The van der Waals surface area contributed by atoms with Crippen LogP contribution in [0.25, 0.3) is 0 Å². The van der Waals surface area contributed by atoms with Crippen molar-refractivity contribution in [3.05, 3.63) is 59.7 Å². The lowest BCUT2D eigenvalue weighted by atomic mass is 10.2. The van der Waals surface area contributed by atoms with Gasteiger partial charge in [0.2, 0.25) is 10.0 Å². The highest BCUT2D eigenvalue weighted by Crippen LogP contribution is 2.13. The van der Waals surface area contributed by atoms with Crippen molar-refractivity contribution < 1.29 is 17.9 Å². The van der Waals surface area contributed by atoms with E-state index in [1.807, 2.05) is 0 Å². The number of amides is 1. The minimum Gasteiger partial charge on any atom is -0.494 e. The molecule has 0 atom stereocenters. The molecule has 0 aliphatic rings. The second-order valence-electron chi connectivity index (χ2n) is 5.60. The summed E-state index contributed by atoms with van der Waals surface area (Å²) in [4.78, 5) is 12.2. The number of rotatable bonds is 8. The molecule has 0 saturated carbocycles. The highest BCUT2D eigenvalue weighted by atomic mass is 32.2. The first-order chi connectivity index (χ1) is 11.9. The molecule has 3 N–H and O–H groups in total. The van der Waals surface area contributed by atoms with Crippen molar-refractivity contribution in [3.8, 4) is 5.75 Å². The van der Waals surface area contributed by atoms with Crippen molar-refractivity contribution in [1.29, 1.82) is 0 Å². The zero-order valence-electron chi connectivity index (χ0n) is 14.1. The summed E-state index contributed by atoms with van der Waals surface area (Å²) < 4.78 is 28.0. The Morgan fingerprint density at radius 2 is 1.72 bits per heavy atom. The third kappa shape index (κ3) is 5.88. The summed E-state index contributed by atoms with van der Waals surface area (Å²) in [7, 11) is -3.71. The zero-order valence-corrected chi connectivity index (χ0v) is 14.9. The Bertz CT molecular complexity index is 800. The van der Waals surface area contributed by atoms with E-state index in [0.717, 1.165) is 24.2 Å². The van der Waals surface area contributed by atoms with Gasteiger partial charge >= 0.3 is 0 Å². The van der Waals surface area contributed by atoms with Crippen molar-refractivity contribution in [3.63, 3.8) is 0 Å². The Labute approximate surface area is 148 Å². The monoisotopic (exact) mass is 362 g/mol. The number of benzene rings is 2. The highest BCUT2D eigenvalue weighted by Gasteiger charge is 2.08. The molecular formula is C18H22N2O4S. The van der Waals surface area contributed by atoms with Crippen molar-refractivity contribution in [2.75, 3.05) is 6.61 Å². The number of unbranched alkanes of at least 4 members (excludes halogenated alkanes) is 1. The lowest BCUT2D eigenvalue weighted by Gasteiger charge is -2.08. The van der Waals surface area contributed by atoms with Crippen LogP contribution in [0, 0.1) is 0 Å². The quantitative estimate of drug-likeness (QED) is 0.705. The molecule has 1 amide bonds. The SMILES string of the molecule is CCCCOc1ccc(C(=O)NCc2ccc(S(N)(=O)=O)cc2)cc1. The molecule has 2 rings (SSSR count). The predicted octanol–water partition coefficient (Wildman–Crippen LogP) is 2.44. The molecule has 0 bridgehead atoms. The Hall–Kier alpha value is -2.38. The van der Waals surface area contributed by atoms with E-state index in [9.17, 15) is 13.2 Å². The standard InChI is InChI=1S/C18H22N2O4S/c1-2-3-12-24-16-8-6-15(7-9-16)18(21)20-13-14-4-10-17(11-5-14)25(19,22)23/h4-11H,2-3,12-13H2,1H3,(H,20,21)(H2,19,22,23). The Kier molecular flexibility index (Phi) is 6.55. The van der Waals surface area contributed by atoms with E-state index in [-0.39, 0.29) is 10.8 Å². The van der Waals surface area contributed by atoms with Gasteiger partial charge in [0, 0.05) is 12.1 Å². The molecule has 2 aromatic rings. The molecule has 0 spiro atoms. The fourth-order valence-corrected chi connectivity index (χ4v) is 2.63. The first-order valence-corrected chi connectivity index (χ1v) is 9.57. The topological polar surface area (TPSA) is 98.5 Å². The van der Waals surface area contributed by atoms with E-state index in [4.69, 9.17) is 9.88 Å². The van der Waals surface area contributed by atoms with Gasteiger partial charge in [0.1, 0.15) is 5.75 Å². The van der Waals surface area contributed by atoms with E-state index < -0.39 is 10.0 Å². The molecule has 6 nitrogen and oxygen atoms in total. The average Bonchev–Trinajstić information content (AvgIpc) is 2.60. The summed E-state index contributed by atoms with van der Waals surface area (Å²) in [5, 5.41) is 7.83. The van der Waals surface area contributed by atoms with Crippen LogP contribution in [0.1, 0.15) is 35.7 Å². The number of hydrogen-bond acceptors (Lipinski definition) is 4. The Morgan fingerprint density at radius 1 is 1.08 bits per heavy atom. The van der Waals surface area contributed by atoms with Crippen LogP contribution < -0.4 is 15.2 Å². The van der Waals surface area contributed by atoms with Crippen molar-refractivity contribution in [1.82, 2.24) is 5.32 Å². The number of sulfonamides is 1. The van der Waals surface area contributed by atoms with E-state index in [2.05, 4.69) is 12.2 Å². The molecular weight excluding hydrogens is 340 g/mol. The fourth-order valence-electron chi connectivity index (χ4n) is 2.12. The highest BCUT2D eigenvalue weighted by molar-refractivity contribution is 7.89. The molecule has 0 heterocycles. The van der Waals surface area contributed by atoms with Gasteiger partial charge in [-0.3, -0.25) is 4.79 Å². The number of primary sulfonamides is 1. The van der Waals surface area contributed by atoms with Crippen LogP contribution in [0.2, 0.25) is 0 Å². The Balaban J connectivity index is 1.89. The molecule has 0 saturated heterocycles. The van der Waals surface area contributed by atoms with E-state index in [0.29, 0.717) is 18.7 Å². The molecule has 0 aliphatic carbocycles. The molecule has 0 radical (unpaired) electrons. The number of carbonyl (C=O) groups is 1. The van der Waals surface area contributed by atoms with Crippen LogP contribution in [0.15, 0.2) is 53.4 Å². The van der Waals surface area contributed by atoms with E-state index in [1.165, 1.54) is 12.1 Å². The van der Waals surface area contributed by atoms with Gasteiger partial charge < -0.3 is 10.1 Å². The number of hydrogen-bond donors (Lipinski definition) is 2. The molecule has 0 fully saturated rings. The maximum absolute atomic E-state index is 12.1. The van der Waals surface area contributed by atoms with Gasteiger partial charge in [0.05, 0.1) is 11.5 Å². The molecule has 25 heavy (non-hydrogen) atoms. The van der Waals surface area contributed by atoms with Crippen LogP contribution in [0.5, 0.6) is 5.75 Å². The van der Waals surface area contributed by atoms with Gasteiger partial charge in [0.25, 0.3) is 5.91 Å². The van der Waals surface area contributed by atoms with Gasteiger partial charge in [-0.1, -0.05) is 25.5 Å². The van der Waals surface area contributed by atoms with Crippen LogP contribution in [0.3, 0.4) is 0 Å².